The highest BCUT2D eigenvalue weighted by Gasteiger charge is 2.52. The summed E-state index contributed by atoms with van der Waals surface area (Å²) >= 11 is 0. The Morgan fingerprint density at radius 2 is 1.97 bits per heavy atom. The predicted octanol–water partition coefficient (Wildman–Crippen LogP) is -0.769. The molecule has 0 aromatic heterocycles. The van der Waals surface area contributed by atoms with E-state index in [0.717, 1.165) is 0 Å². The smallest absolute Gasteiger partial charge is 0.268 e. The standard InChI is InChI=1S/C20H22N2O7S/c1-29-20(11-13-30(27,28)14-20)17(19(25)22-26)21-18(24)16-9-7-15(8-10-16)6-4-2-3-5-12-23/h7-10,17,23,26H,5,11-14H2,1H3,(H,21,24)(H,22,25)/t17-,20-/m1/s1. The van der Waals surface area contributed by atoms with Crippen molar-refractivity contribution in [3.05, 3.63) is 35.4 Å². The lowest BCUT2D eigenvalue weighted by molar-refractivity contribution is -0.139. The SMILES string of the molecule is CO[C@]1([C@H](NC(=O)c2ccc(C#CC#CCCO)cc2)C(=O)NO)CCS(=O)(=O)C1. The monoisotopic (exact) mass is 434 g/mol. The van der Waals surface area contributed by atoms with Crippen LogP contribution >= 0.6 is 0 Å². The molecule has 4 N–H and O–H groups in total. The van der Waals surface area contributed by atoms with E-state index >= 15 is 0 Å². The summed E-state index contributed by atoms with van der Waals surface area (Å²) in [6, 6.07) is 4.73. The Kier molecular flexibility index (Phi) is 7.98. The van der Waals surface area contributed by atoms with Crippen molar-refractivity contribution < 1.29 is 33.1 Å². The molecule has 0 aliphatic carbocycles. The fourth-order valence-electron chi connectivity index (χ4n) is 3.04. The Bertz CT molecular complexity index is 1010. The van der Waals surface area contributed by atoms with Crippen LogP contribution in [-0.4, -0.2) is 67.4 Å². The minimum absolute atomic E-state index is 0.00392. The second-order valence-corrected chi connectivity index (χ2v) is 8.78. The normalized spacial score (nSPS) is 20.1. The maximum absolute atomic E-state index is 12.6. The van der Waals surface area contributed by atoms with E-state index in [1.165, 1.54) is 24.7 Å². The molecule has 0 spiro atoms. The Hall–Kier alpha value is -2.89. The molecule has 2 amide bonds. The number of hydrogen-bond acceptors (Lipinski definition) is 7. The highest BCUT2D eigenvalue weighted by atomic mass is 32.2. The van der Waals surface area contributed by atoms with Gasteiger partial charge in [-0.3, -0.25) is 14.8 Å². The summed E-state index contributed by atoms with van der Waals surface area (Å²) in [4.78, 5) is 24.8. The fourth-order valence-corrected chi connectivity index (χ4v) is 5.01. The number of carbonyl (C=O) groups is 2. The lowest BCUT2D eigenvalue weighted by Crippen LogP contribution is -2.61. The zero-order chi connectivity index (χ0) is 22.2. The summed E-state index contributed by atoms with van der Waals surface area (Å²) < 4.78 is 29.2. The molecule has 2 atom stereocenters. The molecule has 1 aromatic rings. The maximum atomic E-state index is 12.6. The van der Waals surface area contributed by atoms with E-state index in [9.17, 15) is 18.0 Å². The van der Waals surface area contributed by atoms with Gasteiger partial charge in [-0.25, -0.2) is 13.9 Å². The topological polar surface area (TPSA) is 142 Å². The molecule has 1 heterocycles. The number of nitrogens with one attached hydrogen (secondary N) is 2. The summed E-state index contributed by atoms with van der Waals surface area (Å²) in [5.41, 5.74) is 0.776. The largest absolute Gasteiger partial charge is 0.395 e. The first-order chi connectivity index (χ1) is 14.3. The minimum Gasteiger partial charge on any atom is -0.395 e. The van der Waals surface area contributed by atoms with Crippen LogP contribution < -0.4 is 10.8 Å². The van der Waals surface area contributed by atoms with Crippen molar-refractivity contribution in [2.75, 3.05) is 25.2 Å². The van der Waals surface area contributed by atoms with Gasteiger partial charge in [0.15, 0.2) is 9.84 Å². The van der Waals surface area contributed by atoms with Crippen LogP contribution in [0.15, 0.2) is 24.3 Å². The molecule has 9 nitrogen and oxygen atoms in total. The second-order valence-electron chi connectivity index (χ2n) is 6.60. The van der Waals surface area contributed by atoms with E-state index < -0.39 is 39.0 Å². The summed E-state index contributed by atoms with van der Waals surface area (Å²) in [6.07, 6.45) is 0.330. The number of methoxy groups -OCH3 is 1. The summed E-state index contributed by atoms with van der Waals surface area (Å²) in [6.45, 7) is -0.0376. The number of hydroxylamine groups is 1. The molecule has 1 aliphatic rings. The Labute approximate surface area is 174 Å². The van der Waals surface area contributed by atoms with E-state index in [2.05, 4.69) is 29.0 Å². The molecule has 0 bridgehead atoms. The molecule has 2 rings (SSSR count). The molecule has 1 fully saturated rings. The zero-order valence-corrected chi connectivity index (χ0v) is 17.1. The third-order valence-corrected chi connectivity index (χ3v) is 6.38. The molecule has 0 saturated carbocycles. The summed E-state index contributed by atoms with van der Waals surface area (Å²) in [7, 11) is -2.20. The molecule has 1 aliphatic heterocycles. The zero-order valence-electron chi connectivity index (χ0n) is 16.3. The average Bonchev–Trinajstić information content (AvgIpc) is 3.07. The number of carbonyl (C=O) groups excluding carboxylic acids is 2. The van der Waals surface area contributed by atoms with Crippen LogP contribution in [0.1, 0.15) is 28.8 Å². The van der Waals surface area contributed by atoms with Crippen LogP contribution in [0.3, 0.4) is 0 Å². The number of aliphatic hydroxyl groups excluding tert-OH is 1. The van der Waals surface area contributed by atoms with Crippen molar-refractivity contribution >= 4 is 21.7 Å². The van der Waals surface area contributed by atoms with E-state index in [-0.39, 0.29) is 24.3 Å². The second kappa shape index (κ2) is 10.2. The molecule has 10 heteroatoms. The van der Waals surface area contributed by atoms with Crippen molar-refractivity contribution in [3.63, 3.8) is 0 Å². The first-order valence-electron chi connectivity index (χ1n) is 8.97. The number of aliphatic hydroxyl groups is 1. The predicted molar refractivity (Wildman–Crippen MR) is 107 cm³/mol. The number of rotatable bonds is 6. The number of ether oxygens (including phenoxy) is 1. The van der Waals surface area contributed by atoms with Crippen LogP contribution in [0.2, 0.25) is 0 Å². The molecule has 30 heavy (non-hydrogen) atoms. The van der Waals surface area contributed by atoms with E-state index in [0.29, 0.717) is 12.0 Å². The van der Waals surface area contributed by atoms with Gasteiger partial charge in [0.05, 0.1) is 18.1 Å². The van der Waals surface area contributed by atoms with Gasteiger partial charge < -0.3 is 15.2 Å². The summed E-state index contributed by atoms with van der Waals surface area (Å²) in [5.74, 6) is 8.38. The first kappa shape index (κ1) is 23.4. The van der Waals surface area contributed by atoms with Crippen molar-refractivity contribution in [1.82, 2.24) is 10.8 Å². The fraction of sp³-hybridized carbons (Fsp3) is 0.400. The van der Waals surface area contributed by atoms with E-state index in [1.807, 2.05) is 0 Å². The third-order valence-electron chi connectivity index (χ3n) is 4.62. The molecule has 1 aromatic carbocycles. The highest BCUT2D eigenvalue weighted by molar-refractivity contribution is 7.91. The number of benzene rings is 1. The highest BCUT2D eigenvalue weighted by Crippen LogP contribution is 2.30. The van der Waals surface area contributed by atoms with Gasteiger partial charge in [-0.2, -0.15) is 0 Å². The van der Waals surface area contributed by atoms with Crippen molar-refractivity contribution in [2.24, 2.45) is 0 Å². The Morgan fingerprint density at radius 3 is 2.50 bits per heavy atom. The van der Waals surface area contributed by atoms with Crippen LogP contribution in [0.5, 0.6) is 0 Å². The minimum atomic E-state index is -3.45. The van der Waals surface area contributed by atoms with Gasteiger partial charge in [0.25, 0.3) is 11.8 Å². The number of amides is 2. The van der Waals surface area contributed by atoms with E-state index in [4.69, 9.17) is 15.1 Å². The van der Waals surface area contributed by atoms with Gasteiger partial charge in [0, 0.05) is 24.7 Å². The maximum Gasteiger partial charge on any atom is 0.268 e. The first-order valence-corrected chi connectivity index (χ1v) is 10.8. The summed E-state index contributed by atoms with van der Waals surface area (Å²) in [5, 5.41) is 20.2. The Balaban J connectivity index is 2.18. The van der Waals surface area contributed by atoms with Gasteiger partial charge >= 0.3 is 0 Å². The lowest BCUT2D eigenvalue weighted by atomic mass is 9.92. The number of hydrogen-bond donors (Lipinski definition) is 4. The molecule has 0 unspecified atom stereocenters. The number of sulfone groups is 1. The van der Waals surface area contributed by atoms with Crippen LogP contribution in [0, 0.1) is 23.7 Å². The van der Waals surface area contributed by atoms with Crippen molar-refractivity contribution in [1.29, 1.82) is 0 Å². The average molecular weight is 434 g/mol. The van der Waals surface area contributed by atoms with Gasteiger partial charge in [-0.1, -0.05) is 11.8 Å². The van der Waals surface area contributed by atoms with Crippen molar-refractivity contribution in [2.45, 2.75) is 24.5 Å². The molecule has 0 radical (unpaired) electrons. The van der Waals surface area contributed by atoms with Crippen molar-refractivity contribution in [3.8, 4) is 23.7 Å². The van der Waals surface area contributed by atoms with Gasteiger partial charge in [0.1, 0.15) is 11.6 Å². The van der Waals surface area contributed by atoms with Gasteiger partial charge in [0.2, 0.25) is 0 Å². The lowest BCUT2D eigenvalue weighted by Gasteiger charge is -2.34. The van der Waals surface area contributed by atoms with Gasteiger partial charge in [-0.05, 0) is 42.5 Å². The van der Waals surface area contributed by atoms with Gasteiger partial charge in [-0.15, -0.1) is 0 Å². The molecular weight excluding hydrogens is 412 g/mol. The van der Waals surface area contributed by atoms with E-state index in [1.54, 1.807) is 12.1 Å². The Morgan fingerprint density at radius 1 is 1.27 bits per heavy atom. The third kappa shape index (κ3) is 5.81. The van der Waals surface area contributed by atoms with Crippen LogP contribution in [-0.2, 0) is 19.4 Å². The molecule has 160 valence electrons. The van der Waals surface area contributed by atoms with Crippen LogP contribution in [0.25, 0.3) is 0 Å². The van der Waals surface area contributed by atoms with Crippen LogP contribution in [0.4, 0.5) is 0 Å². The molecule has 1 saturated heterocycles. The molecular formula is C20H22N2O7S. The quantitative estimate of drug-likeness (QED) is 0.262.